The van der Waals surface area contributed by atoms with E-state index >= 15 is 0 Å². The zero-order valence-electron chi connectivity index (χ0n) is 23.2. The summed E-state index contributed by atoms with van der Waals surface area (Å²) < 4.78 is 38.6. The van der Waals surface area contributed by atoms with Crippen LogP contribution in [0.5, 0.6) is 5.75 Å². The summed E-state index contributed by atoms with van der Waals surface area (Å²) in [7, 11) is 0. The van der Waals surface area contributed by atoms with E-state index in [4.69, 9.17) is 33.2 Å². The molecule has 0 saturated carbocycles. The van der Waals surface area contributed by atoms with Crippen molar-refractivity contribution < 1.29 is 33.2 Å². The van der Waals surface area contributed by atoms with Gasteiger partial charge in [0.2, 0.25) is 0 Å². The molecule has 0 heterocycles. The molecule has 0 bridgehead atoms. The summed E-state index contributed by atoms with van der Waals surface area (Å²) in [6.45, 7) is 13.0. The molecule has 1 rings (SSSR count). The van der Waals surface area contributed by atoms with Crippen molar-refractivity contribution in [3.05, 3.63) is 29.8 Å². The van der Waals surface area contributed by atoms with Crippen LogP contribution >= 0.6 is 0 Å². The maximum absolute atomic E-state index is 5.75. The SMILES string of the molecule is CCCCCCCCc1ccc(OCCOCCOCCOCCOCCOCCOC(C)C)cc1. The number of rotatable bonds is 27. The van der Waals surface area contributed by atoms with Crippen molar-refractivity contribution in [3.63, 3.8) is 0 Å². The molecule has 0 amide bonds. The van der Waals surface area contributed by atoms with Gasteiger partial charge in [0.15, 0.2) is 0 Å². The second-order valence-electron chi connectivity index (χ2n) is 8.99. The van der Waals surface area contributed by atoms with Crippen LogP contribution < -0.4 is 4.74 Å². The molecule has 36 heavy (non-hydrogen) atoms. The van der Waals surface area contributed by atoms with Crippen LogP contribution in [0.25, 0.3) is 0 Å². The van der Waals surface area contributed by atoms with Crippen LogP contribution in [0.3, 0.4) is 0 Å². The number of benzene rings is 1. The van der Waals surface area contributed by atoms with Crippen LogP contribution in [-0.2, 0) is 34.8 Å². The number of ether oxygens (including phenoxy) is 7. The highest BCUT2D eigenvalue weighted by molar-refractivity contribution is 5.27. The van der Waals surface area contributed by atoms with E-state index in [1.807, 2.05) is 13.8 Å². The first-order chi connectivity index (χ1) is 17.7. The third-order valence-electron chi connectivity index (χ3n) is 5.41. The van der Waals surface area contributed by atoms with Gasteiger partial charge in [-0.3, -0.25) is 0 Å². The van der Waals surface area contributed by atoms with Crippen LogP contribution in [0.15, 0.2) is 24.3 Å². The Balaban J connectivity index is 1.79. The minimum Gasteiger partial charge on any atom is -0.491 e. The van der Waals surface area contributed by atoms with E-state index < -0.39 is 0 Å². The molecule has 1 aromatic rings. The van der Waals surface area contributed by atoms with Gasteiger partial charge >= 0.3 is 0 Å². The molecule has 0 saturated heterocycles. The first-order valence-corrected chi connectivity index (χ1v) is 13.9. The third-order valence-corrected chi connectivity index (χ3v) is 5.41. The largest absolute Gasteiger partial charge is 0.491 e. The molecule has 0 N–H and O–H groups in total. The fourth-order valence-corrected chi connectivity index (χ4v) is 3.40. The van der Waals surface area contributed by atoms with Gasteiger partial charge in [0.05, 0.1) is 78.8 Å². The van der Waals surface area contributed by atoms with Gasteiger partial charge in [-0.2, -0.15) is 0 Å². The van der Waals surface area contributed by atoms with Crippen molar-refractivity contribution in [2.45, 2.75) is 71.8 Å². The molecule has 0 aliphatic heterocycles. The lowest BCUT2D eigenvalue weighted by molar-refractivity contribution is -0.0219. The number of unbranched alkanes of at least 4 members (excludes halogenated alkanes) is 5. The van der Waals surface area contributed by atoms with Gasteiger partial charge in [-0.25, -0.2) is 0 Å². The minimum atomic E-state index is 0.242. The van der Waals surface area contributed by atoms with Crippen LogP contribution in [0, 0.1) is 0 Å². The average molecular weight is 513 g/mol. The lowest BCUT2D eigenvalue weighted by atomic mass is 10.0. The smallest absolute Gasteiger partial charge is 0.119 e. The Morgan fingerprint density at radius 3 is 1.47 bits per heavy atom. The summed E-state index contributed by atoms with van der Waals surface area (Å²) in [5.41, 5.74) is 1.39. The Morgan fingerprint density at radius 1 is 0.528 bits per heavy atom. The van der Waals surface area contributed by atoms with Gasteiger partial charge in [0, 0.05) is 0 Å². The zero-order valence-corrected chi connectivity index (χ0v) is 23.2. The third kappa shape index (κ3) is 22.0. The van der Waals surface area contributed by atoms with E-state index in [1.165, 1.54) is 44.1 Å². The molecule has 1 aromatic carbocycles. The second-order valence-corrected chi connectivity index (χ2v) is 8.99. The van der Waals surface area contributed by atoms with Crippen molar-refractivity contribution in [2.24, 2.45) is 0 Å². The monoisotopic (exact) mass is 512 g/mol. The second kappa shape index (κ2) is 25.4. The van der Waals surface area contributed by atoms with Crippen molar-refractivity contribution in [2.75, 3.05) is 79.3 Å². The first kappa shape index (κ1) is 32.8. The summed E-state index contributed by atoms with van der Waals surface area (Å²) in [6.07, 6.45) is 9.39. The maximum Gasteiger partial charge on any atom is 0.119 e. The van der Waals surface area contributed by atoms with Gasteiger partial charge in [-0.1, -0.05) is 51.2 Å². The van der Waals surface area contributed by atoms with Crippen LogP contribution in [0.4, 0.5) is 0 Å². The molecule has 0 aromatic heterocycles. The van der Waals surface area contributed by atoms with E-state index in [2.05, 4.69) is 31.2 Å². The normalized spacial score (nSPS) is 11.4. The van der Waals surface area contributed by atoms with Crippen LogP contribution in [0.2, 0.25) is 0 Å². The molecule has 0 aliphatic carbocycles. The number of aryl methyl sites for hydroxylation is 1. The molecular formula is C29H52O7. The number of hydrogen-bond donors (Lipinski definition) is 0. The average Bonchev–Trinajstić information content (AvgIpc) is 2.88. The van der Waals surface area contributed by atoms with E-state index in [1.54, 1.807) is 0 Å². The lowest BCUT2D eigenvalue weighted by Gasteiger charge is -2.09. The van der Waals surface area contributed by atoms with E-state index in [0.717, 1.165) is 12.2 Å². The topological polar surface area (TPSA) is 64.6 Å². The van der Waals surface area contributed by atoms with Crippen molar-refractivity contribution in [1.29, 1.82) is 0 Å². The molecular weight excluding hydrogens is 460 g/mol. The lowest BCUT2D eigenvalue weighted by Crippen LogP contribution is -2.15. The summed E-state index contributed by atoms with van der Waals surface area (Å²) in [5.74, 6) is 0.895. The molecule has 7 heteroatoms. The van der Waals surface area contributed by atoms with Crippen molar-refractivity contribution >= 4 is 0 Å². The molecule has 0 unspecified atom stereocenters. The highest BCUT2D eigenvalue weighted by Gasteiger charge is 1.98. The molecule has 0 atom stereocenters. The first-order valence-electron chi connectivity index (χ1n) is 13.9. The van der Waals surface area contributed by atoms with Gasteiger partial charge < -0.3 is 33.2 Å². The van der Waals surface area contributed by atoms with Crippen molar-refractivity contribution in [1.82, 2.24) is 0 Å². The molecule has 7 nitrogen and oxygen atoms in total. The fraction of sp³-hybridized carbons (Fsp3) is 0.793. The molecule has 210 valence electrons. The van der Waals surface area contributed by atoms with Gasteiger partial charge in [-0.15, -0.1) is 0 Å². The van der Waals surface area contributed by atoms with Crippen LogP contribution in [0.1, 0.15) is 64.9 Å². The highest BCUT2D eigenvalue weighted by atomic mass is 16.6. The predicted molar refractivity (Wildman–Crippen MR) is 144 cm³/mol. The molecule has 0 aliphatic rings. The minimum absolute atomic E-state index is 0.242. The standard InChI is InChI=1S/C29H52O7/c1-4-5-6-7-8-9-10-28-11-13-29(14-12-28)36-26-24-34-22-20-32-18-16-30-15-17-31-19-21-33-23-25-35-27(2)3/h11-14,27H,4-10,15-26H2,1-3H3. The molecule has 0 spiro atoms. The Bertz CT molecular complexity index is 565. The Hall–Kier alpha value is -1.22. The summed E-state index contributed by atoms with van der Waals surface area (Å²) >= 11 is 0. The van der Waals surface area contributed by atoms with Gasteiger partial charge in [0.25, 0.3) is 0 Å². The molecule has 0 fully saturated rings. The highest BCUT2D eigenvalue weighted by Crippen LogP contribution is 2.15. The summed E-state index contributed by atoms with van der Waals surface area (Å²) in [5, 5.41) is 0. The van der Waals surface area contributed by atoms with Gasteiger partial charge in [-0.05, 0) is 44.4 Å². The summed E-state index contributed by atoms with van der Waals surface area (Å²) in [4.78, 5) is 0. The Labute approximate surface area is 220 Å². The quantitative estimate of drug-likeness (QED) is 0.145. The van der Waals surface area contributed by atoms with Gasteiger partial charge in [0.1, 0.15) is 12.4 Å². The Kier molecular flexibility index (Phi) is 23.2. The fourth-order valence-electron chi connectivity index (χ4n) is 3.40. The van der Waals surface area contributed by atoms with E-state index in [0.29, 0.717) is 79.3 Å². The maximum atomic E-state index is 5.75. The van der Waals surface area contributed by atoms with Crippen molar-refractivity contribution in [3.8, 4) is 5.75 Å². The summed E-state index contributed by atoms with van der Waals surface area (Å²) in [6, 6.07) is 8.45. The number of hydrogen-bond acceptors (Lipinski definition) is 7. The molecule has 0 radical (unpaired) electrons. The van der Waals surface area contributed by atoms with E-state index in [-0.39, 0.29) is 6.10 Å². The predicted octanol–water partition coefficient (Wildman–Crippen LogP) is 5.48. The Morgan fingerprint density at radius 2 is 0.972 bits per heavy atom. The zero-order chi connectivity index (χ0) is 25.9. The van der Waals surface area contributed by atoms with Crippen LogP contribution in [-0.4, -0.2) is 85.4 Å². The van der Waals surface area contributed by atoms with E-state index in [9.17, 15) is 0 Å².